The van der Waals surface area contributed by atoms with E-state index in [0.29, 0.717) is 21.2 Å². The quantitative estimate of drug-likeness (QED) is 0.381. The summed E-state index contributed by atoms with van der Waals surface area (Å²) in [5.41, 5.74) is 2.17. The van der Waals surface area contributed by atoms with Gasteiger partial charge in [-0.1, -0.05) is 47.5 Å². The molecule has 182 valence electrons. The van der Waals surface area contributed by atoms with Gasteiger partial charge in [0.05, 0.1) is 10.6 Å². The number of hydrogen-bond donors (Lipinski definition) is 2. The van der Waals surface area contributed by atoms with Gasteiger partial charge in [-0.2, -0.15) is 0 Å². The monoisotopic (exact) mass is 532 g/mol. The van der Waals surface area contributed by atoms with Crippen molar-refractivity contribution in [2.45, 2.75) is 18.4 Å². The largest absolute Gasteiger partial charge is 0.478 e. The standard InChI is InChI=1S/C25H22Cl2N2O5S/c1-17-22(27)6-3-7-23(17)29(35(33,34)21-11-9-20(26)10-12-21)16-24(30)28-15-19-5-2-4-18(14-19)8-13-25(31)32/h2-14H,15-16H2,1H3,(H,28,30)(H,31,32). The SMILES string of the molecule is Cc1c(Cl)cccc1N(CC(=O)NCc1cccc(C=CC(=O)O)c1)S(=O)(=O)c1ccc(Cl)cc1. The molecule has 7 nitrogen and oxygen atoms in total. The normalized spacial score (nSPS) is 11.4. The first-order valence-corrected chi connectivity index (χ1v) is 12.6. The van der Waals surface area contributed by atoms with Crippen LogP contribution in [0.25, 0.3) is 6.08 Å². The third-order valence-electron chi connectivity index (χ3n) is 5.06. The van der Waals surface area contributed by atoms with Gasteiger partial charge in [-0.3, -0.25) is 9.10 Å². The Hall–Kier alpha value is -3.33. The van der Waals surface area contributed by atoms with Gasteiger partial charge >= 0.3 is 5.97 Å². The minimum absolute atomic E-state index is 0.0213. The number of nitrogens with one attached hydrogen (secondary N) is 1. The number of sulfonamides is 1. The number of nitrogens with zero attached hydrogens (tertiary/aromatic N) is 1. The molecule has 0 aliphatic carbocycles. The molecule has 2 N–H and O–H groups in total. The predicted octanol–water partition coefficient (Wildman–Crippen LogP) is 4.91. The van der Waals surface area contributed by atoms with Crippen LogP contribution in [0, 0.1) is 6.92 Å². The Kier molecular flexibility index (Phi) is 8.56. The van der Waals surface area contributed by atoms with Crippen molar-refractivity contribution in [2.24, 2.45) is 0 Å². The average Bonchev–Trinajstić information content (AvgIpc) is 2.82. The van der Waals surface area contributed by atoms with Crippen LogP contribution in [-0.2, 0) is 26.2 Å². The summed E-state index contributed by atoms with van der Waals surface area (Å²) in [4.78, 5) is 23.6. The fourth-order valence-electron chi connectivity index (χ4n) is 3.26. The number of carboxylic acids is 1. The van der Waals surface area contributed by atoms with E-state index in [1.807, 2.05) is 0 Å². The van der Waals surface area contributed by atoms with Crippen molar-refractivity contribution in [3.8, 4) is 0 Å². The Balaban J connectivity index is 1.85. The molecule has 1 amide bonds. The number of rotatable bonds is 9. The van der Waals surface area contributed by atoms with E-state index in [0.717, 1.165) is 15.9 Å². The molecule has 0 atom stereocenters. The van der Waals surface area contributed by atoms with Gasteiger partial charge in [-0.25, -0.2) is 13.2 Å². The second-order valence-electron chi connectivity index (χ2n) is 7.54. The number of carboxylic acid groups (broad SMARTS) is 1. The molecule has 10 heteroatoms. The second kappa shape index (κ2) is 11.4. The summed E-state index contributed by atoms with van der Waals surface area (Å²) in [6, 6.07) is 17.5. The fraction of sp³-hybridized carbons (Fsp3) is 0.120. The van der Waals surface area contributed by atoms with Gasteiger partial charge in [-0.05, 0) is 72.2 Å². The first-order chi connectivity index (χ1) is 16.6. The van der Waals surface area contributed by atoms with Crippen LogP contribution in [0.5, 0.6) is 0 Å². The summed E-state index contributed by atoms with van der Waals surface area (Å²) < 4.78 is 28.0. The molecule has 0 aliphatic rings. The van der Waals surface area contributed by atoms with Crippen molar-refractivity contribution < 1.29 is 23.1 Å². The number of carbonyl (C=O) groups excluding carboxylic acids is 1. The maximum Gasteiger partial charge on any atom is 0.328 e. The first-order valence-electron chi connectivity index (χ1n) is 10.4. The summed E-state index contributed by atoms with van der Waals surface area (Å²) in [6.07, 6.45) is 2.46. The summed E-state index contributed by atoms with van der Waals surface area (Å²) >= 11 is 12.1. The molecule has 3 aromatic rings. The Morgan fingerprint density at radius 1 is 1.03 bits per heavy atom. The molecule has 0 bridgehead atoms. The van der Waals surface area contributed by atoms with E-state index in [1.165, 1.54) is 30.3 Å². The molecule has 0 unspecified atom stereocenters. The van der Waals surface area contributed by atoms with E-state index in [-0.39, 0.29) is 17.1 Å². The van der Waals surface area contributed by atoms with Crippen molar-refractivity contribution in [2.75, 3.05) is 10.8 Å². The molecule has 0 saturated carbocycles. The molecular weight excluding hydrogens is 511 g/mol. The molecule has 0 fully saturated rings. The van der Waals surface area contributed by atoms with Crippen LogP contribution in [0.1, 0.15) is 16.7 Å². The maximum atomic E-state index is 13.5. The minimum atomic E-state index is -4.12. The van der Waals surface area contributed by atoms with Crippen molar-refractivity contribution in [3.63, 3.8) is 0 Å². The van der Waals surface area contributed by atoms with Crippen LogP contribution in [0.2, 0.25) is 10.0 Å². The maximum absolute atomic E-state index is 13.5. The Bertz CT molecular complexity index is 1370. The average molecular weight is 533 g/mol. The van der Waals surface area contributed by atoms with E-state index in [4.69, 9.17) is 28.3 Å². The van der Waals surface area contributed by atoms with Crippen LogP contribution in [0.4, 0.5) is 5.69 Å². The topological polar surface area (TPSA) is 104 Å². The van der Waals surface area contributed by atoms with E-state index < -0.39 is 28.4 Å². The Morgan fingerprint density at radius 3 is 2.40 bits per heavy atom. The molecule has 3 rings (SSSR count). The number of carbonyl (C=O) groups is 2. The van der Waals surface area contributed by atoms with Gasteiger partial charge < -0.3 is 10.4 Å². The molecule has 0 aromatic heterocycles. The number of amides is 1. The third-order valence-corrected chi connectivity index (χ3v) is 7.49. The van der Waals surface area contributed by atoms with Gasteiger partial charge in [0.25, 0.3) is 10.0 Å². The number of halogens is 2. The lowest BCUT2D eigenvalue weighted by Crippen LogP contribution is -2.41. The predicted molar refractivity (Wildman–Crippen MR) is 137 cm³/mol. The van der Waals surface area contributed by atoms with Crippen LogP contribution >= 0.6 is 23.2 Å². The van der Waals surface area contributed by atoms with Crippen molar-refractivity contribution >= 4 is 56.9 Å². The van der Waals surface area contributed by atoms with E-state index >= 15 is 0 Å². The summed E-state index contributed by atoms with van der Waals surface area (Å²) in [6.45, 7) is 1.32. The molecule has 0 spiro atoms. The molecule has 0 saturated heterocycles. The number of aliphatic carboxylic acids is 1. The van der Waals surface area contributed by atoms with Gasteiger partial charge in [0.1, 0.15) is 6.54 Å². The lowest BCUT2D eigenvalue weighted by molar-refractivity contribution is -0.131. The molecule has 35 heavy (non-hydrogen) atoms. The molecule has 0 radical (unpaired) electrons. The molecule has 3 aromatic carbocycles. The fourth-order valence-corrected chi connectivity index (χ4v) is 5.03. The molecule has 0 heterocycles. The van der Waals surface area contributed by atoms with E-state index in [2.05, 4.69) is 5.32 Å². The highest BCUT2D eigenvalue weighted by Gasteiger charge is 2.28. The zero-order chi connectivity index (χ0) is 25.6. The van der Waals surface area contributed by atoms with Crippen LogP contribution < -0.4 is 9.62 Å². The van der Waals surface area contributed by atoms with Crippen molar-refractivity contribution in [1.82, 2.24) is 5.32 Å². The van der Waals surface area contributed by atoms with Crippen LogP contribution in [0.3, 0.4) is 0 Å². The Morgan fingerprint density at radius 2 is 1.71 bits per heavy atom. The second-order valence-corrected chi connectivity index (χ2v) is 10.2. The van der Waals surface area contributed by atoms with Gasteiger partial charge in [0, 0.05) is 22.7 Å². The zero-order valence-electron chi connectivity index (χ0n) is 18.6. The number of anilines is 1. The van der Waals surface area contributed by atoms with Crippen LogP contribution in [0.15, 0.2) is 77.7 Å². The number of hydrogen-bond acceptors (Lipinski definition) is 4. The lowest BCUT2D eigenvalue weighted by atomic mass is 10.1. The summed E-state index contributed by atoms with van der Waals surface area (Å²) in [5.74, 6) is -1.60. The lowest BCUT2D eigenvalue weighted by Gasteiger charge is -2.26. The molecular formula is C25H22Cl2N2O5S. The Labute approximate surface area is 213 Å². The van der Waals surface area contributed by atoms with E-state index in [9.17, 15) is 18.0 Å². The summed E-state index contributed by atoms with van der Waals surface area (Å²) in [7, 11) is -4.12. The van der Waals surface area contributed by atoms with Gasteiger partial charge in [0.15, 0.2) is 0 Å². The number of benzene rings is 3. The minimum Gasteiger partial charge on any atom is -0.478 e. The van der Waals surface area contributed by atoms with Crippen molar-refractivity contribution in [3.05, 3.63) is 99.5 Å². The van der Waals surface area contributed by atoms with E-state index in [1.54, 1.807) is 49.4 Å². The summed E-state index contributed by atoms with van der Waals surface area (Å²) in [5, 5.41) is 12.3. The van der Waals surface area contributed by atoms with Crippen molar-refractivity contribution in [1.29, 1.82) is 0 Å². The van der Waals surface area contributed by atoms with Crippen LogP contribution in [-0.4, -0.2) is 31.9 Å². The highest BCUT2D eigenvalue weighted by Crippen LogP contribution is 2.31. The highest BCUT2D eigenvalue weighted by molar-refractivity contribution is 7.92. The third kappa shape index (κ3) is 6.85. The molecule has 0 aliphatic heterocycles. The smallest absolute Gasteiger partial charge is 0.328 e. The van der Waals surface area contributed by atoms with Gasteiger partial charge in [-0.15, -0.1) is 0 Å². The zero-order valence-corrected chi connectivity index (χ0v) is 20.9. The van der Waals surface area contributed by atoms with Gasteiger partial charge in [0.2, 0.25) is 5.91 Å². The first kappa shape index (κ1) is 26.3. The highest BCUT2D eigenvalue weighted by atomic mass is 35.5.